The van der Waals surface area contributed by atoms with Crippen LogP contribution in [0, 0.1) is 11.8 Å². The van der Waals surface area contributed by atoms with Gasteiger partial charge >= 0.3 is 5.97 Å². The van der Waals surface area contributed by atoms with Gasteiger partial charge in [-0.25, -0.2) is 4.79 Å². The molecule has 224 valence electrons. The number of amides is 3. The van der Waals surface area contributed by atoms with Crippen LogP contribution in [0.15, 0.2) is 48.5 Å². The zero-order chi connectivity index (χ0) is 30.7. The third-order valence-corrected chi connectivity index (χ3v) is 6.40. The van der Waals surface area contributed by atoms with Gasteiger partial charge in [-0.3, -0.25) is 14.4 Å². The van der Waals surface area contributed by atoms with Gasteiger partial charge in [-0.1, -0.05) is 52.0 Å². The second kappa shape index (κ2) is 15.6. The lowest BCUT2D eigenvalue weighted by atomic mass is 9.99. The molecule has 0 aliphatic rings. The number of aromatic hydroxyl groups is 2. The van der Waals surface area contributed by atoms with Crippen molar-refractivity contribution in [1.82, 2.24) is 16.0 Å². The van der Waals surface area contributed by atoms with Gasteiger partial charge in [-0.15, -0.1) is 0 Å². The van der Waals surface area contributed by atoms with Crippen molar-refractivity contribution in [3.8, 4) is 11.5 Å². The molecular weight excluding hydrogens is 528 g/mol. The zero-order valence-corrected chi connectivity index (χ0v) is 24.0. The average molecular weight is 571 g/mol. The van der Waals surface area contributed by atoms with E-state index >= 15 is 0 Å². The van der Waals surface area contributed by atoms with Gasteiger partial charge in [-0.05, 0) is 66.5 Å². The molecule has 0 aromatic heterocycles. The van der Waals surface area contributed by atoms with Crippen LogP contribution in [0.5, 0.6) is 11.5 Å². The molecule has 41 heavy (non-hydrogen) atoms. The molecule has 8 N–H and O–H groups in total. The van der Waals surface area contributed by atoms with Crippen molar-refractivity contribution in [2.45, 2.75) is 77.5 Å². The summed E-state index contributed by atoms with van der Waals surface area (Å²) in [6.07, 6.45) is 0.670. The molecular formula is C30H42N4O7. The number of nitrogens with one attached hydrogen (secondary N) is 3. The van der Waals surface area contributed by atoms with Crippen LogP contribution in [0.3, 0.4) is 0 Å². The monoisotopic (exact) mass is 570 g/mol. The molecule has 11 heteroatoms. The summed E-state index contributed by atoms with van der Waals surface area (Å²) in [5.74, 6) is -2.90. The highest BCUT2D eigenvalue weighted by molar-refractivity contribution is 5.94. The van der Waals surface area contributed by atoms with Gasteiger partial charge < -0.3 is 37.0 Å². The Hall–Kier alpha value is -4.12. The third kappa shape index (κ3) is 11.5. The van der Waals surface area contributed by atoms with E-state index in [0.717, 1.165) is 0 Å². The summed E-state index contributed by atoms with van der Waals surface area (Å²) in [7, 11) is 0. The molecule has 0 saturated carbocycles. The molecule has 11 nitrogen and oxygen atoms in total. The van der Waals surface area contributed by atoms with Gasteiger partial charge in [-0.2, -0.15) is 0 Å². The van der Waals surface area contributed by atoms with E-state index in [2.05, 4.69) is 16.0 Å². The number of carbonyl (C=O) groups is 4. The van der Waals surface area contributed by atoms with Gasteiger partial charge in [0, 0.05) is 6.42 Å². The standard InChI is InChI=1S/C30H42N4O7/c1-17(2)13-24(28(38)34-26(30(40)41)14-18(3)4)33-29(39)25(16-20-7-11-22(36)12-8-20)32-27(37)23(31)15-19-5-9-21(35)10-6-19/h5-12,17-18,23-26,35-36H,13-16,31H2,1-4H3,(H,32,37)(H,33,39)(H,34,38)(H,40,41). The minimum Gasteiger partial charge on any atom is -0.508 e. The Balaban J connectivity index is 2.24. The quantitative estimate of drug-likeness (QED) is 0.169. The molecule has 0 fully saturated rings. The highest BCUT2D eigenvalue weighted by Gasteiger charge is 2.31. The van der Waals surface area contributed by atoms with E-state index < -0.39 is 47.9 Å². The summed E-state index contributed by atoms with van der Waals surface area (Å²) in [6.45, 7) is 7.43. The molecule has 3 amide bonds. The van der Waals surface area contributed by atoms with Crippen molar-refractivity contribution in [3.63, 3.8) is 0 Å². The number of rotatable bonds is 15. The Morgan fingerprint density at radius 2 is 1.02 bits per heavy atom. The predicted molar refractivity (Wildman–Crippen MR) is 154 cm³/mol. The highest BCUT2D eigenvalue weighted by atomic mass is 16.4. The molecule has 0 heterocycles. The molecule has 0 spiro atoms. The van der Waals surface area contributed by atoms with Crippen molar-refractivity contribution in [2.75, 3.05) is 0 Å². The maximum Gasteiger partial charge on any atom is 0.326 e. The van der Waals surface area contributed by atoms with Crippen LogP contribution in [0.2, 0.25) is 0 Å². The first-order chi connectivity index (χ1) is 19.2. The average Bonchev–Trinajstić information content (AvgIpc) is 2.89. The molecule has 4 atom stereocenters. The van der Waals surface area contributed by atoms with E-state index in [-0.39, 0.29) is 49.0 Å². The van der Waals surface area contributed by atoms with Gasteiger partial charge in [0.25, 0.3) is 0 Å². The smallest absolute Gasteiger partial charge is 0.326 e. The van der Waals surface area contributed by atoms with Crippen LogP contribution < -0.4 is 21.7 Å². The zero-order valence-electron chi connectivity index (χ0n) is 24.0. The van der Waals surface area contributed by atoms with Crippen LogP contribution >= 0.6 is 0 Å². The fourth-order valence-corrected chi connectivity index (χ4v) is 4.27. The molecule has 0 aliphatic carbocycles. The van der Waals surface area contributed by atoms with Crippen molar-refractivity contribution in [2.24, 2.45) is 17.6 Å². The third-order valence-electron chi connectivity index (χ3n) is 6.40. The molecule has 2 aromatic rings. The first-order valence-electron chi connectivity index (χ1n) is 13.7. The number of benzene rings is 2. The van der Waals surface area contributed by atoms with E-state index in [1.165, 1.54) is 24.3 Å². The number of hydrogen-bond donors (Lipinski definition) is 7. The first kappa shape index (κ1) is 33.1. The summed E-state index contributed by atoms with van der Waals surface area (Å²) in [5.41, 5.74) is 7.49. The lowest BCUT2D eigenvalue weighted by Gasteiger charge is -2.26. The van der Waals surface area contributed by atoms with E-state index in [1.807, 2.05) is 27.7 Å². The van der Waals surface area contributed by atoms with E-state index in [1.54, 1.807) is 24.3 Å². The normalized spacial score (nSPS) is 14.1. The van der Waals surface area contributed by atoms with Gasteiger partial charge in [0.2, 0.25) is 17.7 Å². The second-order valence-electron chi connectivity index (χ2n) is 11.1. The molecule has 0 bridgehead atoms. The van der Waals surface area contributed by atoms with Crippen LogP contribution in [-0.2, 0) is 32.0 Å². The lowest BCUT2D eigenvalue weighted by molar-refractivity contribution is -0.143. The van der Waals surface area contributed by atoms with E-state index in [4.69, 9.17) is 5.73 Å². The van der Waals surface area contributed by atoms with Crippen molar-refractivity contribution in [1.29, 1.82) is 0 Å². The maximum absolute atomic E-state index is 13.5. The van der Waals surface area contributed by atoms with Gasteiger partial charge in [0.1, 0.15) is 29.6 Å². The van der Waals surface area contributed by atoms with Gasteiger partial charge in [0.05, 0.1) is 6.04 Å². The van der Waals surface area contributed by atoms with Crippen LogP contribution in [0.25, 0.3) is 0 Å². The van der Waals surface area contributed by atoms with Crippen LogP contribution in [0.4, 0.5) is 0 Å². The highest BCUT2D eigenvalue weighted by Crippen LogP contribution is 2.14. The van der Waals surface area contributed by atoms with Crippen molar-refractivity contribution < 1.29 is 34.5 Å². The number of nitrogens with two attached hydrogens (primary N) is 1. The number of hydrogen-bond acceptors (Lipinski definition) is 7. The SMILES string of the molecule is CC(C)CC(NC(=O)C(CC(C)C)NC(=O)C(Cc1ccc(O)cc1)NC(=O)C(N)Cc1ccc(O)cc1)C(=O)O. The van der Waals surface area contributed by atoms with Gasteiger partial charge in [0.15, 0.2) is 0 Å². The minimum absolute atomic E-state index is 0.0108. The Kier molecular flexibility index (Phi) is 12.6. The molecule has 2 aromatic carbocycles. The summed E-state index contributed by atoms with van der Waals surface area (Å²) < 4.78 is 0. The number of aliphatic carboxylic acids is 1. The predicted octanol–water partition coefficient (Wildman–Crippen LogP) is 1.84. The molecule has 0 radical (unpaired) electrons. The van der Waals surface area contributed by atoms with E-state index in [0.29, 0.717) is 11.1 Å². The minimum atomic E-state index is -1.17. The maximum atomic E-state index is 13.5. The largest absolute Gasteiger partial charge is 0.508 e. The Morgan fingerprint density at radius 3 is 1.49 bits per heavy atom. The van der Waals surface area contributed by atoms with Crippen molar-refractivity contribution in [3.05, 3.63) is 59.7 Å². The summed E-state index contributed by atoms with van der Waals surface area (Å²) in [4.78, 5) is 51.4. The fraction of sp³-hybridized carbons (Fsp3) is 0.467. The summed E-state index contributed by atoms with van der Waals surface area (Å²) in [5, 5.41) is 36.6. The number of phenols is 2. The van der Waals surface area contributed by atoms with E-state index in [9.17, 15) is 34.5 Å². The Bertz CT molecular complexity index is 1170. The molecule has 4 unspecified atom stereocenters. The molecule has 0 aliphatic heterocycles. The molecule has 0 saturated heterocycles. The van der Waals surface area contributed by atoms with Crippen molar-refractivity contribution >= 4 is 23.7 Å². The number of carboxylic acids is 1. The fourth-order valence-electron chi connectivity index (χ4n) is 4.27. The Labute approximate surface area is 240 Å². The second-order valence-corrected chi connectivity index (χ2v) is 11.1. The molecule has 2 rings (SSSR count). The summed E-state index contributed by atoms with van der Waals surface area (Å²) in [6, 6.07) is 8.11. The first-order valence-corrected chi connectivity index (χ1v) is 13.7. The number of carboxylic acid groups (broad SMARTS) is 1. The lowest BCUT2D eigenvalue weighted by Crippen LogP contribution is -2.58. The summed E-state index contributed by atoms with van der Waals surface area (Å²) >= 11 is 0. The number of phenolic OH excluding ortho intramolecular Hbond substituents is 2. The Morgan fingerprint density at radius 1 is 0.634 bits per heavy atom. The number of carbonyl (C=O) groups excluding carboxylic acids is 3. The van der Waals surface area contributed by atoms with Crippen LogP contribution in [-0.4, -0.2) is 63.2 Å². The topological polar surface area (TPSA) is 191 Å². The van der Waals surface area contributed by atoms with Crippen LogP contribution in [0.1, 0.15) is 51.7 Å².